The van der Waals surface area contributed by atoms with E-state index in [0.29, 0.717) is 24.9 Å². The minimum atomic E-state index is -0.168. The first kappa shape index (κ1) is 16.7. The van der Waals surface area contributed by atoms with Gasteiger partial charge in [0, 0.05) is 6.42 Å². The smallest absolute Gasteiger partial charge is 0.305 e. The zero-order valence-corrected chi connectivity index (χ0v) is 13.2. The molecule has 0 aromatic rings. The lowest BCUT2D eigenvalue weighted by atomic mass is 9.61. The zero-order chi connectivity index (χ0) is 15.3. The molecule has 0 aromatic heterocycles. The van der Waals surface area contributed by atoms with Gasteiger partial charge in [-0.3, -0.25) is 4.79 Å². The zero-order valence-electron chi connectivity index (χ0n) is 13.2. The van der Waals surface area contributed by atoms with Crippen LogP contribution in [0.25, 0.3) is 0 Å². The van der Waals surface area contributed by atoms with Gasteiger partial charge < -0.3 is 4.74 Å². The fraction of sp³-hybridized carbons (Fsp3) is 0.611. The van der Waals surface area contributed by atoms with Crippen LogP contribution in [0.2, 0.25) is 0 Å². The van der Waals surface area contributed by atoms with E-state index in [0.717, 1.165) is 24.8 Å². The van der Waals surface area contributed by atoms with Gasteiger partial charge in [-0.1, -0.05) is 38.7 Å². The standard InChI is InChI=1S/C18H28O2/c1-7-17(19)20-12-14(5)16-11-15(13(3)4)9-10-18(16,6)8-2/h8,15-16H,2-3,5,7,9-12H2,1,4,6H3/t15-,16+,18-/m1/s1. The van der Waals surface area contributed by atoms with Gasteiger partial charge in [-0.05, 0) is 49.0 Å². The van der Waals surface area contributed by atoms with Crippen molar-refractivity contribution < 1.29 is 9.53 Å². The largest absolute Gasteiger partial charge is 0.461 e. The second-order valence-electron chi connectivity index (χ2n) is 6.25. The Labute approximate surface area is 123 Å². The third-order valence-electron chi connectivity index (χ3n) is 4.71. The van der Waals surface area contributed by atoms with Crippen LogP contribution in [0.1, 0.15) is 46.5 Å². The molecule has 0 N–H and O–H groups in total. The predicted octanol–water partition coefficient (Wildman–Crippen LogP) is 4.68. The van der Waals surface area contributed by atoms with Crippen LogP contribution in [0.15, 0.2) is 37.0 Å². The van der Waals surface area contributed by atoms with Crippen LogP contribution in [0.5, 0.6) is 0 Å². The van der Waals surface area contributed by atoms with E-state index in [1.165, 1.54) is 5.57 Å². The molecule has 0 aromatic carbocycles. The summed E-state index contributed by atoms with van der Waals surface area (Å²) < 4.78 is 5.24. The minimum Gasteiger partial charge on any atom is -0.461 e. The van der Waals surface area contributed by atoms with Crippen LogP contribution in [0.4, 0.5) is 0 Å². The number of hydrogen-bond donors (Lipinski definition) is 0. The molecule has 0 amide bonds. The Hall–Kier alpha value is -1.31. The molecule has 1 rings (SSSR count). The third kappa shape index (κ3) is 3.84. The molecule has 1 fully saturated rings. The number of allylic oxidation sites excluding steroid dienone is 2. The van der Waals surface area contributed by atoms with Crippen LogP contribution < -0.4 is 0 Å². The predicted molar refractivity (Wildman–Crippen MR) is 84.3 cm³/mol. The van der Waals surface area contributed by atoms with Crippen LogP contribution in [0.3, 0.4) is 0 Å². The maximum absolute atomic E-state index is 11.3. The molecule has 1 saturated carbocycles. The van der Waals surface area contributed by atoms with Crippen LogP contribution >= 0.6 is 0 Å². The van der Waals surface area contributed by atoms with E-state index in [1.54, 1.807) is 6.92 Å². The van der Waals surface area contributed by atoms with Crippen molar-refractivity contribution in [2.24, 2.45) is 17.3 Å². The quantitative estimate of drug-likeness (QED) is 0.520. The van der Waals surface area contributed by atoms with Crippen molar-refractivity contribution in [2.75, 3.05) is 6.61 Å². The van der Waals surface area contributed by atoms with Gasteiger partial charge in [0.15, 0.2) is 0 Å². The summed E-state index contributed by atoms with van der Waals surface area (Å²) >= 11 is 0. The molecule has 3 atom stereocenters. The highest BCUT2D eigenvalue weighted by atomic mass is 16.5. The molecule has 0 bridgehead atoms. The molecule has 0 spiro atoms. The molecule has 0 unspecified atom stereocenters. The SMILES string of the molecule is C=C[C@]1(C)CC[C@@H](C(=C)C)C[C@H]1C(=C)COC(=O)CC. The van der Waals surface area contributed by atoms with E-state index in [-0.39, 0.29) is 11.4 Å². The summed E-state index contributed by atoms with van der Waals surface area (Å²) in [5, 5.41) is 0. The van der Waals surface area contributed by atoms with E-state index >= 15 is 0 Å². The van der Waals surface area contributed by atoms with Gasteiger partial charge >= 0.3 is 5.97 Å². The Balaban J connectivity index is 2.78. The molecule has 1 aliphatic carbocycles. The molecule has 0 aliphatic heterocycles. The number of hydrogen-bond acceptors (Lipinski definition) is 2. The van der Waals surface area contributed by atoms with Crippen molar-refractivity contribution in [3.05, 3.63) is 37.0 Å². The van der Waals surface area contributed by atoms with Gasteiger partial charge in [0.2, 0.25) is 0 Å². The summed E-state index contributed by atoms with van der Waals surface area (Å²) in [6.07, 6.45) is 5.71. The Morgan fingerprint density at radius 1 is 1.45 bits per heavy atom. The normalized spacial score (nSPS) is 29.6. The minimum absolute atomic E-state index is 0.0433. The van der Waals surface area contributed by atoms with Crippen LogP contribution in [0, 0.1) is 17.3 Å². The fourth-order valence-electron chi connectivity index (χ4n) is 3.03. The lowest BCUT2D eigenvalue weighted by molar-refractivity contribution is -0.142. The lowest BCUT2D eigenvalue weighted by Crippen LogP contribution is -2.35. The van der Waals surface area contributed by atoms with Crippen molar-refractivity contribution in [1.82, 2.24) is 0 Å². The van der Waals surface area contributed by atoms with Crippen molar-refractivity contribution in [3.63, 3.8) is 0 Å². The summed E-state index contributed by atoms with van der Waals surface area (Å²) in [6.45, 7) is 18.7. The summed E-state index contributed by atoms with van der Waals surface area (Å²) in [4.78, 5) is 11.3. The second-order valence-corrected chi connectivity index (χ2v) is 6.25. The van der Waals surface area contributed by atoms with Crippen molar-refractivity contribution in [3.8, 4) is 0 Å². The second kappa shape index (κ2) is 6.92. The van der Waals surface area contributed by atoms with Gasteiger partial charge in [0.1, 0.15) is 6.61 Å². The van der Waals surface area contributed by atoms with Crippen molar-refractivity contribution in [2.45, 2.75) is 46.5 Å². The fourth-order valence-corrected chi connectivity index (χ4v) is 3.03. The van der Waals surface area contributed by atoms with Gasteiger partial charge in [-0.15, -0.1) is 6.58 Å². The number of esters is 1. The average Bonchev–Trinajstić information content (AvgIpc) is 2.44. The van der Waals surface area contributed by atoms with E-state index in [9.17, 15) is 4.79 Å². The summed E-state index contributed by atoms with van der Waals surface area (Å²) in [5.41, 5.74) is 2.28. The molecule has 0 saturated heterocycles. The first-order valence-electron chi connectivity index (χ1n) is 7.46. The molecule has 1 aliphatic rings. The van der Waals surface area contributed by atoms with Crippen molar-refractivity contribution in [1.29, 1.82) is 0 Å². The Bertz CT molecular complexity index is 408. The average molecular weight is 276 g/mol. The Morgan fingerprint density at radius 3 is 2.60 bits per heavy atom. The lowest BCUT2D eigenvalue weighted by Gasteiger charge is -2.44. The molecule has 0 heterocycles. The highest BCUT2D eigenvalue weighted by Crippen LogP contribution is 2.48. The molecule has 20 heavy (non-hydrogen) atoms. The summed E-state index contributed by atoms with van der Waals surface area (Å²) in [6, 6.07) is 0. The highest BCUT2D eigenvalue weighted by Gasteiger charge is 2.39. The Morgan fingerprint density at radius 2 is 2.10 bits per heavy atom. The number of carbonyl (C=O) groups is 1. The number of rotatable bonds is 6. The molecule has 2 nitrogen and oxygen atoms in total. The maximum atomic E-state index is 11.3. The van der Waals surface area contributed by atoms with Gasteiger partial charge in [-0.25, -0.2) is 0 Å². The first-order chi connectivity index (χ1) is 9.34. The Kier molecular flexibility index (Phi) is 5.79. The van der Waals surface area contributed by atoms with Crippen molar-refractivity contribution >= 4 is 5.97 Å². The first-order valence-corrected chi connectivity index (χ1v) is 7.46. The summed E-state index contributed by atoms with van der Waals surface area (Å²) in [7, 11) is 0. The van der Waals surface area contributed by atoms with Gasteiger partial charge in [-0.2, -0.15) is 0 Å². The molecule has 112 valence electrons. The molecular weight excluding hydrogens is 248 g/mol. The molecular formula is C18H28O2. The van der Waals surface area contributed by atoms with E-state index in [2.05, 4.69) is 33.6 Å². The molecule has 2 heteroatoms. The molecule has 0 radical (unpaired) electrons. The number of ether oxygens (including phenoxy) is 1. The van der Waals surface area contributed by atoms with Gasteiger partial charge in [0.05, 0.1) is 0 Å². The number of carbonyl (C=O) groups excluding carboxylic acids is 1. The topological polar surface area (TPSA) is 26.3 Å². The van der Waals surface area contributed by atoms with E-state index in [1.807, 2.05) is 6.08 Å². The van der Waals surface area contributed by atoms with E-state index in [4.69, 9.17) is 4.74 Å². The highest BCUT2D eigenvalue weighted by molar-refractivity contribution is 5.69. The van der Waals surface area contributed by atoms with E-state index < -0.39 is 0 Å². The van der Waals surface area contributed by atoms with Gasteiger partial charge in [0.25, 0.3) is 0 Å². The monoisotopic (exact) mass is 276 g/mol. The summed E-state index contributed by atoms with van der Waals surface area (Å²) in [5.74, 6) is 0.672. The third-order valence-corrected chi connectivity index (χ3v) is 4.71. The van der Waals surface area contributed by atoms with Crippen LogP contribution in [-0.2, 0) is 9.53 Å². The van der Waals surface area contributed by atoms with Crippen LogP contribution in [-0.4, -0.2) is 12.6 Å². The maximum Gasteiger partial charge on any atom is 0.305 e.